The molecule has 0 aliphatic carbocycles. The molecule has 5 rings (SSSR count). The molecular weight excluding hydrogens is 344 g/mol. The number of benzene rings is 2. The molecule has 2 saturated heterocycles. The van der Waals surface area contributed by atoms with Crippen LogP contribution in [0.1, 0.15) is 11.8 Å². The van der Waals surface area contributed by atoms with E-state index in [0.717, 1.165) is 5.69 Å². The zero-order valence-electron chi connectivity index (χ0n) is 14.3. The number of furan rings is 1. The van der Waals surface area contributed by atoms with Crippen LogP contribution < -0.4 is 9.96 Å². The number of fused-ring (bicyclic) bond motifs is 1. The van der Waals surface area contributed by atoms with Crippen molar-refractivity contribution in [1.82, 2.24) is 0 Å². The van der Waals surface area contributed by atoms with E-state index in [1.807, 2.05) is 36.4 Å². The molecule has 2 aromatic carbocycles. The van der Waals surface area contributed by atoms with E-state index in [9.17, 15) is 9.59 Å². The quantitative estimate of drug-likeness (QED) is 0.671. The molecule has 0 radical (unpaired) electrons. The summed E-state index contributed by atoms with van der Waals surface area (Å²) in [6, 6.07) is 21.4. The Morgan fingerprint density at radius 1 is 0.741 bits per heavy atom. The first kappa shape index (κ1) is 15.8. The summed E-state index contributed by atoms with van der Waals surface area (Å²) in [6.45, 7) is 0. The Labute approximate surface area is 155 Å². The van der Waals surface area contributed by atoms with Crippen molar-refractivity contribution >= 4 is 23.2 Å². The van der Waals surface area contributed by atoms with Gasteiger partial charge >= 0.3 is 0 Å². The highest BCUT2D eigenvalue weighted by Crippen LogP contribution is 2.47. The van der Waals surface area contributed by atoms with Gasteiger partial charge in [0.05, 0.1) is 17.6 Å². The Morgan fingerprint density at radius 3 is 2.04 bits per heavy atom. The summed E-state index contributed by atoms with van der Waals surface area (Å²) < 4.78 is 5.60. The molecule has 6 nitrogen and oxygen atoms in total. The van der Waals surface area contributed by atoms with E-state index in [1.54, 1.807) is 47.7 Å². The summed E-state index contributed by atoms with van der Waals surface area (Å²) in [5, 5.41) is 1.62. The number of nitrogens with zero attached hydrogens (tertiary/aromatic N) is 2. The first-order valence-corrected chi connectivity index (χ1v) is 8.73. The lowest BCUT2D eigenvalue weighted by molar-refractivity contribution is -0.126. The zero-order chi connectivity index (χ0) is 18.4. The molecule has 1 aromatic heterocycles. The van der Waals surface area contributed by atoms with Gasteiger partial charge in [-0.2, -0.15) is 0 Å². The number of hydrogen-bond acceptors (Lipinski definition) is 5. The third-order valence-corrected chi connectivity index (χ3v) is 4.98. The second kappa shape index (κ2) is 6.10. The SMILES string of the molecule is O=C1[C@H]2[C@@H](ON(c3ccccc3)[C@H]2c2ccco2)C(=O)N1c1ccccc1. The lowest BCUT2D eigenvalue weighted by atomic mass is 9.94. The summed E-state index contributed by atoms with van der Waals surface area (Å²) >= 11 is 0. The van der Waals surface area contributed by atoms with E-state index in [0.29, 0.717) is 11.4 Å². The highest BCUT2D eigenvalue weighted by molar-refractivity contribution is 6.23. The van der Waals surface area contributed by atoms with Crippen LogP contribution in [0.3, 0.4) is 0 Å². The second-order valence-electron chi connectivity index (χ2n) is 6.52. The van der Waals surface area contributed by atoms with Crippen LogP contribution >= 0.6 is 0 Å². The third-order valence-electron chi connectivity index (χ3n) is 4.98. The fourth-order valence-corrected chi connectivity index (χ4v) is 3.79. The van der Waals surface area contributed by atoms with Crippen molar-refractivity contribution < 1.29 is 18.8 Å². The highest BCUT2D eigenvalue weighted by Gasteiger charge is 2.61. The summed E-state index contributed by atoms with van der Waals surface area (Å²) in [5.41, 5.74) is 1.31. The van der Waals surface area contributed by atoms with Crippen molar-refractivity contribution in [3.05, 3.63) is 84.8 Å². The molecule has 2 aliphatic heterocycles. The van der Waals surface area contributed by atoms with Crippen molar-refractivity contribution in [2.24, 2.45) is 5.92 Å². The number of amides is 2. The average molecular weight is 360 g/mol. The Kier molecular flexibility index (Phi) is 3.58. The van der Waals surface area contributed by atoms with Crippen molar-refractivity contribution in [3.63, 3.8) is 0 Å². The van der Waals surface area contributed by atoms with Gasteiger partial charge in [-0.15, -0.1) is 0 Å². The Hall–Kier alpha value is -3.38. The first-order valence-electron chi connectivity index (χ1n) is 8.73. The maximum absolute atomic E-state index is 13.2. The van der Waals surface area contributed by atoms with Crippen LogP contribution in [-0.4, -0.2) is 17.9 Å². The molecular formula is C21H16N2O4. The van der Waals surface area contributed by atoms with Gasteiger partial charge in [0, 0.05) is 0 Å². The van der Waals surface area contributed by atoms with E-state index >= 15 is 0 Å². The fraction of sp³-hybridized carbons (Fsp3) is 0.143. The summed E-state index contributed by atoms with van der Waals surface area (Å²) in [7, 11) is 0. The van der Waals surface area contributed by atoms with Crippen LogP contribution in [0.5, 0.6) is 0 Å². The van der Waals surface area contributed by atoms with Gasteiger partial charge in [-0.1, -0.05) is 36.4 Å². The smallest absolute Gasteiger partial charge is 0.266 e. The number of carbonyl (C=O) groups excluding carboxylic acids is 2. The maximum atomic E-state index is 13.2. The monoisotopic (exact) mass is 360 g/mol. The maximum Gasteiger partial charge on any atom is 0.266 e. The number of hydroxylamine groups is 1. The normalized spacial score (nSPS) is 24.5. The molecule has 2 amide bonds. The van der Waals surface area contributed by atoms with Crippen molar-refractivity contribution in [3.8, 4) is 0 Å². The van der Waals surface area contributed by atoms with Crippen LogP contribution in [-0.2, 0) is 14.4 Å². The van der Waals surface area contributed by atoms with Crippen molar-refractivity contribution in [2.75, 3.05) is 9.96 Å². The predicted octanol–water partition coefficient (Wildman–Crippen LogP) is 3.33. The molecule has 0 N–H and O–H groups in total. The minimum Gasteiger partial charge on any atom is -0.467 e. The Morgan fingerprint density at radius 2 is 1.41 bits per heavy atom. The van der Waals surface area contributed by atoms with Crippen LogP contribution in [0.15, 0.2) is 83.5 Å². The van der Waals surface area contributed by atoms with Crippen LogP contribution in [0.2, 0.25) is 0 Å². The number of imide groups is 1. The number of para-hydroxylation sites is 2. The summed E-state index contributed by atoms with van der Waals surface area (Å²) in [6.07, 6.45) is 0.676. The molecule has 2 aliphatic rings. The second-order valence-corrected chi connectivity index (χ2v) is 6.52. The number of hydrogen-bond donors (Lipinski definition) is 0. The third kappa shape index (κ3) is 2.38. The van der Waals surface area contributed by atoms with Gasteiger partial charge in [0.1, 0.15) is 17.7 Å². The topological polar surface area (TPSA) is 63.0 Å². The molecule has 0 saturated carbocycles. The molecule has 0 unspecified atom stereocenters. The van der Waals surface area contributed by atoms with E-state index < -0.39 is 18.1 Å². The molecule has 2 fully saturated rings. The number of anilines is 2. The predicted molar refractivity (Wildman–Crippen MR) is 97.7 cm³/mol. The molecule has 3 atom stereocenters. The first-order chi connectivity index (χ1) is 13.3. The van der Waals surface area contributed by atoms with Crippen molar-refractivity contribution in [2.45, 2.75) is 12.1 Å². The van der Waals surface area contributed by atoms with E-state index in [-0.39, 0.29) is 11.8 Å². The van der Waals surface area contributed by atoms with E-state index in [1.165, 1.54) is 4.90 Å². The van der Waals surface area contributed by atoms with E-state index in [4.69, 9.17) is 9.25 Å². The van der Waals surface area contributed by atoms with Gasteiger partial charge in [0.15, 0.2) is 6.10 Å². The molecule has 134 valence electrons. The zero-order valence-corrected chi connectivity index (χ0v) is 14.3. The van der Waals surface area contributed by atoms with Crippen LogP contribution in [0, 0.1) is 5.92 Å². The lowest BCUT2D eigenvalue weighted by Gasteiger charge is -2.27. The molecule has 3 heterocycles. The Balaban J connectivity index is 1.58. The van der Waals surface area contributed by atoms with Crippen LogP contribution in [0.4, 0.5) is 11.4 Å². The van der Waals surface area contributed by atoms with Crippen molar-refractivity contribution in [1.29, 1.82) is 0 Å². The number of carbonyl (C=O) groups is 2. The minimum absolute atomic E-state index is 0.281. The molecule has 0 spiro atoms. The van der Waals surface area contributed by atoms with Gasteiger partial charge in [0.25, 0.3) is 5.91 Å². The fourth-order valence-electron chi connectivity index (χ4n) is 3.79. The van der Waals surface area contributed by atoms with Gasteiger partial charge in [-0.05, 0) is 36.4 Å². The van der Waals surface area contributed by atoms with Gasteiger partial charge < -0.3 is 4.42 Å². The minimum atomic E-state index is -0.881. The van der Waals surface area contributed by atoms with Gasteiger partial charge in [-0.25, -0.2) is 9.96 Å². The summed E-state index contributed by atoms with van der Waals surface area (Å²) in [5.74, 6) is -0.728. The molecule has 3 aromatic rings. The summed E-state index contributed by atoms with van der Waals surface area (Å²) in [4.78, 5) is 33.5. The van der Waals surface area contributed by atoms with E-state index in [2.05, 4.69) is 0 Å². The molecule has 0 bridgehead atoms. The van der Waals surface area contributed by atoms with Crippen LogP contribution in [0.25, 0.3) is 0 Å². The average Bonchev–Trinajstić information content (AvgIpc) is 3.41. The lowest BCUT2D eigenvalue weighted by Crippen LogP contribution is -2.37. The van der Waals surface area contributed by atoms with Gasteiger partial charge in [0.2, 0.25) is 5.91 Å². The molecule has 6 heteroatoms. The standard InChI is InChI=1S/C21H16N2O4/c24-20-17-18(16-12-7-13-26-16)23(15-10-5-2-6-11-15)27-19(17)21(25)22(20)14-8-3-1-4-9-14/h1-13,17-19H/t17-,18+,19-/m1/s1. The Bertz CT molecular complexity index is 972. The molecule has 27 heavy (non-hydrogen) atoms. The number of rotatable bonds is 3. The highest BCUT2D eigenvalue weighted by atomic mass is 16.7. The van der Waals surface area contributed by atoms with Gasteiger partial charge in [-0.3, -0.25) is 14.4 Å². The largest absolute Gasteiger partial charge is 0.467 e.